The topological polar surface area (TPSA) is 84.9 Å². The minimum Gasteiger partial charge on any atom is -0.471 e. The summed E-state index contributed by atoms with van der Waals surface area (Å²) in [7, 11) is -3.13. The van der Waals surface area contributed by atoms with Crippen molar-refractivity contribution in [1.29, 1.82) is 0 Å². The summed E-state index contributed by atoms with van der Waals surface area (Å²) in [4.78, 5) is 10.8. The van der Waals surface area contributed by atoms with E-state index in [1.165, 1.54) is 16.9 Å². The number of sulfonamides is 1. The van der Waals surface area contributed by atoms with Gasteiger partial charge < -0.3 is 14.4 Å². The molecule has 1 aromatic carbocycles. The lowest BCUT2D eigenvalue weighted by molar-refractivity contribution is 0.139. The van der Waals surface area contributed by atoms with Crippen LogP contribution in [0.4, 0.5) is 5.69 Å². The molecule has 4 rings (SSSR count). The van der Waals surface area contributed by atoms with Gasteiger partial charge >= 0.3 is 0 Å². The average Bonchev–Trinajstić information content (AvgIpc) is 3.14. The van der Waals surface area contributed by atoms with Crippen molar-refractivity contribution in [2.75, 3.05) is 50.5 Å². The minimum atomic E-state index is -3.13. The van der Waals surface area contributed by atoms with Gasteiger partial charge in [-0.05, 0) is 18.2 Å². The number of aromatic nitrogens is 2. The third-order valence-electron chi connectivity index (χ3n) is 4.82. The van der Waals surface area contributed by atoms with Crippen LogP contribution in [0.25, 0.3) is 10.9 Å². The molecule has 0 spiro atoms. The zero-order valence-electron chi connectivity index (χ0n) is 14.7. The highest BCUT2D eigenvalue weighted by atomic mass is 32.2. The van der Waals surface area contributed by atoms with Crippen LogP contribution >= 0.6 is 0 Å². The van der Waals surface area contributed by atoms with E-state index in [0.29, 0.717) is 45.3 Å². The summed E-state index contributed by atoms with van der Waals surface area (Å²) in [5.74, 6) is 0.571. The molecule has 0 radical (unpaired) electrons. The molecular weight excluding hydrogens is 356 g/mol. The second-order valence-electron chi connectivity index (χ2n) is 6.63. The van der Waals surface area contributed by atoms with Crippen LogP contribution in [0.15, 0.2) is 24.5 Å². The first-order valence-corrected chi connectivity index (χ1v) is 10.5. The fraction of sp³-hybridized carbons (Fsp3) is 0.529. The van der Waals surface area contributed by atoms with Gasteiger partial charge in [-0.3, -0.25) is 0 Å². The van der Waals surface area contributed by atoms with Gasteiger partial charge in [-0.25, -0.2) is 18.4 Å². The van der Waals surface area contributed by atoms with E-state index in [2.05, 4.69) is 14.9 Å². The molecule has 140 valence electrons. The number of piperazine rings is 1. The number of anilines is 1. The molecule has 0 saturated carbocycles. The maximum Gasteiger partial charge on any atom is 0.224 e. The van der Waals surface area contributed by atoms with Crippen molar-refractivity contribution in [3.8, 4) is 5.88 Å². The molecule has 1 unspecified atom stereocenters. The molecule has 2 saturated heterocycles. The molecule has 9 heteroatoms. The number of rotatable bonds is 4. The van der Waals surface area contributed by atoms with Gasteiger partial charge in [-0.2, -0.15) is 4.31 Å². The third kappa shape index (κ3) is 3.60. The van der Waals surface area contributed by atoms with Gasteiger partial charge in [0, 0.05) is 38.3 Å². The number of hydrogen-bond acceptors (Lipinski definition) is 7. The Labute approximate surface area is 152 Å². The lowest BCUT2D eigenvalue weighted by Gasteiger charge is -2.34. The molecule has 8 nitrogen and oxygen atoms in total. The number of ether oxygens (including phenoxy) is 2. The van der Waals surface area contributed by atoms with Crippen molar-refractivity contribution in [3.05, 3.63) is 24.5 Å². The first kappa shape index (κ1) is 17.4. The standard InChI is InChI=1S/C17H22N4O4S/c1-26(22,23)21-7-5-20(6-8-21)13-2-3-16-15(10-13)17(19-12-18-16)25-14-4-9-24-11-14/h2-3,10,12,14H,4-9,11H2,1H3. The van der Waals surface area contributed by atoms with Crippen molar-refractivity contribution in [1.82, 2.24) is 14.3 Å². The van der Waals surface area contributed by atoms with Crippen LogP contribution < -0.4 is 9.64 Å². The lowest BCUT2D eigenvalue weighted by Crippen LogP contribution is -2.48. The molecule has 0 N–H and O–H groups in total. The van der Waals surface area contributed by atoms with Crippen LogP contribution in [-0.4, -0.2) is 74.4 Å². The summed E-state index contributed by atoms with van der Waals surface area (Å²) in [6, 6.07) is 5.98. The normalized spacial score (nSPS) is 22.0. The van der Waals surface area contributed by atoms with Crippen molar-refractivity contribution in [2.24, 2.45) is 0 Å². The predicted molar refractivity (Wildman–Crippen MR) is 98.0 cm³/mol. The summed E-state index contributed by atoms with van der Waals surface area (Å²) < 4.78 is 36.2. The maximum absolute atomic E-state index is 11.7. The summed E-state index contributed by atoms with van der Waals surface area (Å²) in [5, 5.41) is 0.863. The Morgan fingerprint density at radius 3 is 2.69 bits per heavy atom. The largest absolute Gasteiger partial charge is 0.471 e. The van der Waals surface area contributed by atoms with Crippen molar-refractivity contribution in [3.63, 3.8) is 0 Å². The van der Waals surface area contributed by atoms with E-state index < -0.39 is 10.0 Å². The first-order chi connectivity index (χ1) is 12.5. The van der Waals surface area contributed by atoms with E-state index in [1.807, 2.05) is 18.2 Å². The molecule has 2 aliphatic rings. The van der Waals surface area contributed by atoms with Gasteiger partial charge in [0.1, 0.15) is 12.4 Å². The summed E-state index contributed by atoms with van der Waals surface area (Å²) in [5.41, 5.74) is 1.85. The molecule has 2 fully saturated rings. The quantitative estimate of drug-likeness (QED) is 0.781. The van der Waals surface area contributed by atoms with Crippen LogP contribution in [0.1, 0.15) is 6.42 Å². The van der Waals surface area contributed by atoms with Crippen LogP contribution in [-0.2, 0) is 14.8 Å². The predicted octanol–water partition coefficient (Wildman–Crippen LogP) is 0.879. The number of fused-ring (bicyclic) bond motifs is 1. The summed E-state index contributed by atoms with van der Waals surface area (Å²) in [6.07, 6.45) is 3.65. The molecule has 1 aromatic heterocycles. The zero-order valence-corrected chi connectivity index (χ0v) is 15.5. The molecule has 1 atom stereocenters. The Morgan fingerprint density at radius 1 is 1.19 bits per heavy atom. The van der Waals surface area contributed by atoms with E-state index in [1.54, 1.807) is 0 Å². The molecule has 3 heterocycles. The third-order valence-corrected chi connectivity index (χ3v) is 6.12. The van der Waals surface area contributed by atoms with Crippen molar-refractivity contribution < 1.29 is 17.9 Å². The summed E-state index contributed by atoms with van der Waals surface area (Å²) >= 11 is 0. The van der Waals surface area contributed by atoms with Gasteiger partial charge in [0.15, 0.2) is 0 Å². The monoisotopic (exact) mass is 378 g/mol. The molecule has 0 amide bonds. The highest BCUT2D eigenvalue weighted by Crippen LogP contribution is 2.29. The Morgan fingerprint density at radius 2 is 2.00 bits per heavy atom. The molecule has 26 heavy (non-hydrogen) atoms. The van der Waals surface area contributed by atoms with Crippen LogP contribution in [0, 0.1) is 0 Å². The van der Waals surface area contributed by atoms with E-state index in [-0.39, 0.29) is 6.10 Å². The van der Waals surface area contributed by atoms with Crippen molar-refractivity contribution >= 4 is 26.6 Å². The maximum atomic E-state index is 11.7. The molecule has 0 aliphatic carbocycles. The smallest absolute Gasteiger partial charge is 0.224 e. The minimum absolute atomic E-state index is 0.0232. The second kappa shape index (κ2) is 6.98. The van der Waals surface area contributed by atoms with Crippen LogP contribution in [0.2, 0.25) is 0 Å². The fourth-order valence-electron chi connectivity index (χ4n) is 3.35. The SMILES string of the molecule is CS(=O)(=O)N1CCN(c2ccc3ncnc(OC4CCOC4)c3c2)CC1. The zero-order chi connectivity index (χ0) is 18.1. The fourth-order valence-corrected chi connectivity index (χ4v) is 4.18. The number of hydrogen-bond donors (Lipinski definition) is 0. The first-order valence-electron chi connectivity index (χ1n) is 8.70. The highest BCUT2D eigenvalue weighted by molar-refractivity contribution is 7.88. The Hall–Kier alpha value is -1.97. The van der Waals surface area contributed by atoms with Crippen LogP contribution in [0.5, 0.6) is 5.88 Å². The van der Waals surface area contributed by atoms with Gasteiger partial charge in [-0.1, -0.05) is 0 Å². The molecular formula is C17H22N4O4S. The van der Waals surface area contributed by atoms with Gasteiger partial charge in [0.25, 0.3) is 0 Å². The second-order valence-corrected chi connectivity index (χ2v) is 8.62. The average molecular weight is 378 g/mol. The van der Waals surface area contributed by atoms with E-state index in [4.69, 9.17) is 9.47 Å². The van der Waals surface area contributed by atoms with Crippen molar-refractivity contribution in [2.45, 2.75) is 12.5 Å². The molecule has 2 aliphatic heterocycles. The number of nitrogens with zero attached hydrogens (tertiary/aromatic N) is 4. The Kier molecular flexibility index (Phi) is 4.68. The lowest BCUT2D eigenvalue weighted by atomic mass is 10.2. The highest BCUT2D eigenvalue weighted by Gasteiger charge is 2.24. The van der Waals surface area contributed by atoms with Gasteiger partial charge in [0.2, 0.25) is 15.9 Å². The van der Waals surface area contributed by atoms with Gasteiger partial charge in [0.05, 0.1) is 30.4 Å². The summed E-state index contributed by atoms with van der Waals surface area (Å²) in [6.45, 7) is 3.58. The van der Waals surface area contributed by atoms with Gasteiger partial charge in [-0.15, -0.1) is 0 Å². The molecule has 0 bridgehead atoms. The van der Waals surface area contributed by atoms with E-state index in [9.17, 15) is 8.42 Å². The Bertz CT molecular complexity index is 891. The van der Waals surface area contributed by atoms with E-state index in [0.717, 1.165) is 23.0 Å². The Balaban J connectivity index is 1.57. The number of benzene rings is 1. The van der Waals surface area contributed by atoms with E-state index >= 15 is 0 Å². The van der Waals surface area contributed by atoms with Crippen LogP contribution in [0.3, 0.4) is 0 Å². The molecule has 2 aromatic rings.